The highest BCUT2D eigenvalue weighted by molar-refractivity contribution is 7.98. The minimum atomic E-state index is -3.42. The van der Waals surface area contributed by atoms with Gasteiger partial charge >= 0.3 is 5.97 Å². The number of rotatable bonds is 31. The fraction of sp³-hybridized carbons (Fsp3) is 0.574. The number of halogens is 2. The molecule has 3 aromatic rings. The lowest BCUT2D eigenvalue weighted by Crippen LogP contribution is -2.37. The van der Waals surface area contributed by atoms with E-state index in [9.17, 15) is 23.1 Å². The number of carboxylic acids is 1. The maximum absolute atomic E-state index is 12.1. The maximum Gasteiger partial charge on any atom is 0.326 e. The molecule has 0 aromatic heterocycles. The summed E-state index contributed by atoms with van der Waals surface area (Å²) >= 11 is 13.3. The van der Waals surface area contributed by atoms with Crippen molar-refractivity contribution in [2.45, 2.75) is 81.3 Å². The number of nitrogens with one attached hydrogen (secondary N) is 1. The topological polar surface area (TPSA) is 178 Å². The van der Waals surface area contributed by atoms with Gasteiger partial charge in [-0.3, -0.25) is 4.79 Å². The summed E-state index contributed by atoms with van der Waals surface area (Å²) in [5.41, 5.74) is 2.84. The molecule has 2 N–H and O–H groups in total. The van der Waals surface area contributed by atoms with Crippen molar-refractivity contribution in [3.05, 3.63) is 75.8 Å². The predicted molar refractivity (Wildman–Crippen MR) is 259 cm³/mol. The Morgan fingerprint density at radius 1 is 0.788 bits per heavy atom. The number of hydrogen-bond donors (Lipinski definition) is 2. The molecule has 0 spiro atoms. The van der Waals surface area contributed by atoms with Crippen LogP contribution in [0.1, 0.15) is 58.1 Å². The Kier molecular flexibility index (Phi) is 25.6. The number of carbonyl (C=O) groups is 2. The second-order valence-corrected chi connectivity index (χ2v) is 20.4. The van der Waals surface area contributed by atoms with Crippen molar-refractivity contribution in [3.8, 4) is 22.6 Å². The van der Waals surface area contributed by atoms with Crippen LogP contribution in [0.3, 0.4) is 0 Å². The van der Waals surface area contributed by atoms with E-state index in [2.05, 4.69) is 19.2 Å². The normalized spacial score (nSPS) is 13.8. The van der Waals surface area contributed by atoms with Crippen LogP contribution in [-0.4, -0.2) is 147 Å². The van der Waals surface area contributed by atoms with Gasteiger partial charge in [0.2, 0.25) is 16.4 Å². The Morgan fingerprint density at radius 3 is 1.88 bits per heavy atom. The van der Waals surface area contributed by atoms with E-state index in [1.54, 1.807) is 33.1 Å². The van der Waals surface area contributed by atoms with Crippen molar-refractivity contribution in [1.82, 2.24) is 9.62 Å². The highest BCUT2D eigenvalue weighted by atomic mass is 35.5. The highest BCUT2D eigenvalue weighted by Gasteiger charge is 2.28. The Labute approximate surface area is 405 Å². The van der Waals surface area contributed by atoms with Crippen LogP contribution in [0.25, 0.3) is 11.1 Å². The molecule has 1 aliphatic heterocycles. The third-order valence-corrected chi connectivity index (χ3v) is 13.5. The lowest BCUT2D eigenvalue weighted by molar-refractivity contribution is -0.140. The average Bonchev–Trinajstić information content (AvgIpc) is 3.84. The predicted octanol–water partition coefficient (Wildman–Crippen LogP) is 7.80. The molecule has 19 heteroatoms. The Hall–Kier alpha value is -3.20. The van der Waals surface area contributed by atoms with Gasteiger partial charge in [-0.15, -0.1) is 0 Å². The van der Waals surface area contributed by atoms with Gasteiger partial charge in [0.1, 0.15) is 17.5 Å². The zero-order chi connectivity index (χ0) is 48.6. The molecule has 0 saturated carbocycles. The number of carbonyl (C=O) groups excluding carboxylic acids is 1. The molecule has 4 rings (SSSR count). The summed E-state index contributed by atoms with van der Waals surface area (Å²) in [4.78, 5) is 22.3. The van der Waals surface area contributed by atoms with Crippen molar-refractivity contribution >= 4 is 57.4 Å². The van der Waals surface area contributed by atoms with Crippen molar-refractivity contribution in [2.24, 2.45) is 0 Å². The SMILES string of the molecule is COCCC(C)(C)OCC(C)(C)OCCOCCOCCOCCSCc1cc(OC)c(-c2ccc(C[C@H](NC=O)C(=O)O)cc2)c(OC)c1.O=S(=O)(c1cc(Cl)cc(Cl)c1)N1CCCC1. The maximum atomic E-state index is 12.1. The molecule has 0 aliphatic carbocycles. The molecule has 3 aromatic carbocycles. The molecule has 66 heavy (non-hydrogen) atoms. The second-order valence-electron chi connectivity index (χ2n) is 16.5. The first-order valence-corrected chi connectivity index (χ1v) is 25.1. The lowest BCUT2D eigenvalue weighted by Gasteiger charge is -2.32. The van der Waals surface area contributed by atoms with Crippen molar-refractivity contribution < 1.29 is 61.0 Å². The number of sulfonamides is 1. The van der Waals surface area contributed by atoms with Crippen molar-refractivity contribution in [1.29, 1.82) is 0 Å². The standard InChI is InChI=1S/C37H57NO11S.C10H11Cl2NO2S/c1-36(2,12-13-42-5)49-26-37(3,4)48-19-18-46-15-14-45-16-17-47-20-21-50-25-29-23-32(43-6)34(33(24-29)44-7)30-10-8-28(9-11-30)22-31(35(40)41)38-27-39;11-8-5-9(12)7-10(6-8)16(14,15)13-3-1-2-4-13/h8-11,23-24,27,31H,12-22,25-26H2,1-7H3,(H,38,39)(H,40,41);5-7H,1-4H2/t31-;/m0./s1. The fourth-order valence-electron chi connectivity index (χ4n) is 6.49. The molecular formula is C47H68Cl2N2O13S2. The largest absolute Gasteiger partial charge is 0.496 e. The van der Waals surface area contributed by atoms with E-state index in [1.165, 1.54) is 22.5 Å². The van der Waals surface area contributed by atoms with Gasteiger partial charge in [0.25, 0.3) is 0 Å². The van der Waals surface area contributed by atoms with Gasteiger partial charge in [0.15, 0.2) is 0 Å². The number of hydrogen-bond acceptors (Lipinski definition) is 13. The lowest BCUT2D eigenvalue weighted by atomic mass is 9.98. The Morgan fingerprint density at radius 2 is 1.35 bits per heavy atom. The molecule has 0 radical (unpaired) electrons. The number of benzene rings is 3. The van der Waals surface area contributed by atoms with E-state index < -0.39 is 27.6 Å². The van der Waals surface area contributed by atoms with Crippen LogP contribution in [-0.2, 0) is 60.2 Å². The second kappa shape index (κ2) is 29.6. The summed E-state index contributed by atoms with van der Waals surface area (Å²) in [5, 5.41) is 12.3. The van der Waals surface area contributed by atoms with Crippen LogP contribution < -0.4 is 14.8 Å². The van der Waals surface area contributed by atoms with Gasteiger partial charge in [0.05, 0.1) is 88.7 Å². The van der Waals surface area contributed by atoms with Crippen LogP contribution in [0.15, 0.2) is 59.5 Å². The minimum Gasteiger partial charge on any atom is -0.496 e. The van der Waals surface area contributed by atoms with Crippen LogP contribution in [0.5, 0.6) is 11.5 Å². The first-order chi connectivity index (χ1) is 31.4. The van der Waals surface area contributed by atoms with Gasteiger partial charge < -0.3 is 48.3 Å². The molecule has 1 atom stereocenters. The van der Waals surface area contributed by atoms with Gasteiger partial charge in [0, 0.05) is 54.8 Å². The van der Waals surface area contributed by atoms with E-state index in [0.29, 0.717) is 101 Å². The summed E-state index contributed by atoms with van der Waals surface area (Å²) in [6.07, 6.45) is 3.21. The Balaban J connectivity index is 0.000000600. The molecule has 15 nitrogen and oxygen atoms in total. The van der Waals surface area contributed by atoms with E-state index >= 15 is 0 Å². The van der Waals surface area contributed by atoms with Crippen molar-refractivity contribution in [3.63, 3.8) is 0 Å². The van der Waals surface area contributed by atoms with Gasteiger partial charge in [-0.1, -0.05) is 47.5 Å². The average molecular weight is 1000 g/mol. The van der Waals surface area contributed by atoms with E-state index in [1.807, 2.05) is 50.2 Å². The Bertz CT molecular complexity index is 1970. The summed E-state index contributed by atoms with van der Waals surface area (Å²) in [5.74, 6) is 1.84. The fourth-order valence-corrected chi connectivity index (χ4v) is 9.52. The summed E-state index contributed by atoms with van der Waals surface area (Å²) in [6, 6.07) is 14.8. The van der Waals surface area contributed by atoms with Gasteiger partial charge in [-0.05, 0) is 94.0 Å². The third-order valence-electron chi connectivity index (χ3n) is 10.2. The van der Waals surface area contributed by atoms with E-state index in [4.69, 9.17) is 61.1 Å². The molecule has 370 valence electrons. The van der Waals surface area contributed by atoms with Crippen LogP contribution in [0.2, 0.25) is 10.0 Å². The number of methoxy groups -OCH3 is 3. The molecule has 1 amide bonds. The quantitative estimate of drug-likeness (QED) is 0.0471. The molecule has 1 aliphatic rings. The summed E-state index contributed by atoms with van der Waals surface area (Å²) in [7, 11) is 1.51. The number of amides is 1. The molecular weight excluding hydrogens is 936 g/mol. The molecule has 0 bridgehead atoms. The number of thioether (sulfide) groups is 1. The van der Waals surface area contributed by atoms with Crippen LogP contribution in [0, 0.1) is 0 Å². The van der Waals surface area contributed by atoms with E-state index in [-0.39, 0.29) is 16.9 Å². The molecule has 1 heterocycles. The highest BCUT2D eigenvalue weighted by Crippen LogP contribution is 2.40. The zero-order valence-corrected chi connectivity index (χ0v) is 42.4. The molecule has 0 unspecified atom stereocenters. The smallest absolute Gasteiger partial charge is 0.326 e. The summed E-state index contributed by atoms with van der Waals surface area (Å²) < 4.78 is 71.3. The van der Waals surface area contributed by atoms with Crippen molar-refractivity contribution in [2.75, 3.05) is 99.6 Å². The minimum absolute atomic E-state index is 0.173. The van der Waals surface area contributed by atoms with Crippen LogP contribution in [0.4, 0.5) is 0 Å². The zero-order valence-electron chi connectivity index (χ0n) is 39.2. The first-order valence-electron chi connectivity index (χ1n) is 21.8. The number of aliphatic carboxylic acids is 1. The number of ether oxygens (including phenoxy) is 8. The van der Waals surface area contributed by atoms with Gasteiger partial charge in [-0.25, -0.2) is 13.2 Å². The molecule has 1 fully saturated rings. The molecule has 1 saturated heterocycles. The number of nitrogens with zero attached hydrogens (tertiary/aromatic N) is 1. The number of carboxylic acid groups (broad SMARTS) is 1. The van der Waals surface area contributed by atoms with E-state index in [0.717, 1.165) is 53.0 Å². The monoisotopic (exact) mass is 1000 g/mol. The third kappa shape index (κ3) is 20.6. The first kappa shape index (κ1) is 57.1. The summed E-state index contributed by atoms with van der Waals surface area (Å²) in [6.45, 7) is 14.0. The van der Waals surface area contributed by atoms with Gasteiger partial charge in [-0.2, -0.15) is 16.1 Å². The van der Waals surface area contributed by atoms with Crippen LogP contribution >= 0.6 is 35.0 Å².